The van der Waals surface area contributed by atoms with E-state index >= 15 is 0 Å². The largest absolute Gasteiger partial charge is 0.493 e. The number of benzene rings is 1. The molecule has 1 aliphatic heterocycles. The number of hydrogen-bond donors (Lipinski definition) is 1. The first-order valence-corrected chi connectivity index (χ1v) is 7.19. The summed E-state index contributed by atoms with van der Waals surface area (Å²) in [5.41, 5.74) is 0.694. The van der Waals surface area contributed by atoms with Crippen molar-refractivity contribution in [2.24, 2.45) is 5.92 Å². The molecule has 1 saturated heterocycles. The summed E-state index contributed by atoms with van der Waals surface area (Å²) in [5.74, 6) is 0.954. The van der Waals surface area contributed by atoms with Crippen LogP contribution in [0.2, 0.25) is 0 Å². The van der Waals surface area contributed by atoms with E-state index in [-0.39, 0.29) is 11.7 Å². The van der Waals surface area contributed by atoms with Gasteiger partial charge in [0, 0.05) is 16.9 Å². The number of carbonyl (C=O) groups excluding carboxylic acids is 1. The van der Waals surface area contributed by atoms with E-state index in [0.29, 0.717) is 17.9 Å². The molecule has 98 valence electrons. The normalized spacial score (nSPS) is 19.6. The molecule has 3 nitrogen and oxygen atoms in total. The van der Waals surface area contributed by atoms with E-state index in [2.05, 4.69) is 21.2 Å². The topological polar surface area (TPSA) is 38.3 Å². The fraction of sp³-hybridized carbons (Fsp3) is 0.500. The first-order chi connectivity index (χ1) is 8.72. The summed E-state index contributed by atoms with van der Waals surface area (Å²) in [4.78, 5) is 12.5. The van der Waals surface area contributed by atoms with Crippen molar-refractivity contribution in [1.29, 1.82) is 0 Å². The Hall–Kier alpha value is -0.870. The number of Topliss-reactive ketones (excluding diaryl/α,β-unsaturated/α-hetero) is 1. The Bertz CT molecular complexity index is 428. The van der Waals surface area contributed by atoms with Gasteiger partial charge in [0.2, 0.25) is 0 Å². The molecule has 1 atom stereocenters. The van der Waals surface area contributed by atoms with Gasteiger partial charge in [-0.05, 0) is 44.5 Å². The summed E-state index contributed by atoms with van der Waals surface area (Å²) in [7, 11) is 0. The van der Waals surface area contributed by atoms with Gasteiger partial charge >= 0.3 is 0 Å². The van der Waals surface area contributed by atoms with E-state index in [9.17, 15) is 4.79 Å². The Kier molecular flexibility index (Phi) is 4.78. The molecule has 1 N–H and O–H groups in total. The lowest BCUT2D eigenvalue weighted by Gasteiger charge is -2.22. The molecule has 1 unspecified atom stereocenters. The molecule has 0 bridgehead atoms. The van der Waals surface area contributed by atoms with E-state index in [0.717, 1.165) is 30.4 Å². The van der Waals surface area contributed by atoms with Crippen molar-refractivity contribution in [2.45, 2.75) is 19.8 Å². The smallest absolute Gasteiger partial charge is 0.170 e. The lowest BCUT2D eigenvalue weighted by molar-refractivity contribution is 0.0895. The Balaban J connectivity index is 2.24. The van der Waals surface area contributed by atoms with Crippen LogP contribution in [0.15, 0.2) is 22.7 Å². The lowest BCUT2D eigenvalue weighted by atomic mass is 9.90. The Morgan fingerprint density at radius 1 is 1.56 bits per heavy atom. The molecule has 0 aromatic heterocycles. The van der Waals surface area contributed by atoms with E-state index < -0.39 is 0 Å². The summed E-state index contributed by atoms with van der Waals surface area (Å²) in [5, 5.41) is 3.28. The van der Waals surface area contributed by atoms with Crippen molar-refractivity contribution < 1.29 is 9.53 Å². The van der Waals surface area contributed by atoms with Crippen LogP contribution in [-0.2, 0) is 0 Å². The van der Waals surface area contributed by atoms with Crippen LogP contribution in [0.1, 0.15) is 30.1 Å². The number of piperidine rings is 1. The van der Waals surface area contributed by atoms with Crippen molar-refractivity contribution in [3.05, 3.63) is 28.2 Å². The maximum absolute atomic E-state index is 12.5. The number of carbonyl (C=O) groups is 1. The molecule has 0 saturated carbocycles. The summed E-state index contributed by atoms with van der Waals surface area (Å²) in [6.45, 7) is 4.29. The van der Waals surface area contributed by atoms with Gasteiger partial charge in [-0.25, -0.2) is 0 Å². The number of ether oxygens (including phenoxy) is 1. The van der Waals surface area contributed by atoms with E-state index in [1.54, 1.807) is 0 Å². The molecule has 1 heterocycles. The summed E-state index contributed by atoms with van der Waals surface area (Å²) in [6, 6.07) is 5.62. The van der Waals surface area contributed by atoms with Crippen molar-refractivity contribution in [3.63, 3.8) is 0 Å². The molecule has 0 aliphatic carbocycles. The molecule has 0 spiro atoms. The van der Waals surface area contributed by atoms with Gasteiger partial charge in [-0.15, -0.1) is 0 Å². The summed E-state index contributed by atoms with van der Waals surface area (Å²) >= 11 is 3.42. The van der Waals surface area contributed by atoms with Gasteiger partial charge in [0.05, 0.1) is 12.2 Å². The summed E-state index contributed by atoms with van der Waals surface area (Å²) in [6.07, 6.45) is 2.03. The Morgan fingerprint density at radius 3 is 3.06 bits per heavy atom. The minimum atomic E-state index is 0.0762. The number of nitrogens with one attached hydrogen (secondary N) is 1. The monoisotopic (exact) mass is 311 g/mol. The summed E-state index contributed by atoms with van der Waals surface area (Å²) < 4.78 is 6.46. The van der Waals surface area contributed by atoms with Gasteiger partial charge in [-0.1, -0.05) is 15.9 Å². The van der Waals surface area contributed by atoms with Crippen molar-refractivity contribution in [3.8, 4) is 5.75 Å². The number of ketones is 1. The van der Waals surface area contributed by atoms with E-state index in [4.69, 9.17) is 4.74 Å². The fourth-order valence-electron chi connectivity index (χ4n) is 2.27. The van der Waals surface area contributed by atoms with Gasteiger partial charge in [0.25, 0.3) is 0 Å². The SMILES string of the molecule is CCOc1ccc(Br)cc1C(=O)C1CCCNC1. The lowest BCUT2D eigenvalue weighted by Crippen LogP contribution is -2.34. The van der Waals surface area contributed by atoms with Crippen molar-refractivity contribution in [1.82, 2.24) is 5.32 Å². The van der Waals surface area contributed by atoms with Crippen LogP contribution < -0.4 is 10.1 Å². The van der Waals surface area contributed by atoms with Crippen LogP contribution in [0.25, 0.3) is 0 Å². The molecule has 1 aromatic rings. The average molecular weight is 312 g/mol. The highest BCUT2D eigenvalue weighted by Gasteiger charge is 2.24. The molecule has 1 aromatic carbocycles. The first-order valence-electron chi connectivity index (χ1n) is 6.39. The van der Waals surface area contributed by atoms with Crippen LogP contribution >= 0.6 is 15.9 Å². The van der Waals surface area contributed by atoms with Gasteiger partial charge in [-0.3, -0.25) is 4.79 Å². The van der Waals surface area contributed by atoms with Crippen molar-refractivity contribution >= 4 is 21.7 Å². The predicted molar refractivity (Wildman–Crippen MR) is 75.2 cm³/mol. The molecular formula is C14H18BrNO2. The molecule has 2 rings (SSSR count). The van der Waals surface area contributed by atoms with Crippen LogP contribution in [0, 0.1) is 5.92 Å². The Labute approximate surface area is 116 Å². The maximum atomic E-state index is 12.5. The number of hydrogen-bond acceptors (Lipinski definition) is 3. The van der Waals surface area contributed by atoms with E-state index in [1.165, 1.54) is 0 Å². The molecule has 1 fully saturated rings. The number of halogens is 1. The average Bonchev–Trinajstić information content (AvgIpc) is 2.41. The molecular weight excluding hydrogens is 294 g/mol. The van der Waals surface area contributed by atoms with Crippen LogP contribution in [0.3, 0.4) is 0 Å². The van der Waals surface area contributed by atoms with Crippen molar-refractivity contribution in [2.75, 3.05) is 19.7 Å². The van der Waals surface area contributed by atoms with Gasteiger partial charge < -0.3 is 10.1 Å². The quantitative estimate of drug-likeness (QED) is 0.869. The fourth-order valence-corrected chi connectivity index (χ4v) is 2.63. The second kappa shape index (κ2) is 6.34. The third-order valence-corrected chi connectivity index (χ3v) is 3.67. The van der Waals surface area contributed by atoms with Gasteiger partial charge in [0.15, 0.2) is 5.78 Å². The Morgan fingerprint density at radius 2 is 2.39 bits per heavy atom. The zero-order valence-corrected chi connectivity index (χ0v) is 12.1. The highest BCUT2D eigenvalue weighted by molar-refractivity contribution is 9.10. The molecule has 0 radical (unpaired) electrons. The second-order valence-corrected chi connectivity index (χ2v) is 5.40. The first kappa shape index (κ1) is 13.6. The molecule has 0 amide bonds. The second-order valence-electron chi connectivity index (χ2n) is 4.48. The molecule has 4 heteroatoms. The minimum Gasteiger partial charge on any atom is -0.493 e. The zero-order chi connectivity index (χ0) is 13.0. The molecule has 18 heavy (non-hydrogen) atoms. The van der Waals surface area contributed by atoms with Gasteiger partial charge in [-0.2, -0.15) is 0 Å². The third kappa shape index (κ3) is 3.12. The van der Waals surface area contributed by atoms with Crippen LogP contribution in [0.5, 0.6) is 5.75 Å². The standard InChI is InChI=1S/C14H18BrNO2/c1-2-18-13-6-5-11(15)8-12(13)14(17)10-4-3-7-16-9-10/h5-6,8,10,16H,2-4,7,9H2,1H3. The number of rotatable bonds is 4. The van der Waals surface area contributed by atoms with Crippen LogP contribution in [0.4, 0.5) is 0 Å². The van der Waals surface area contributed by atoms with E-state index in [1.807, 2.05) is 25.1 Å². The maximum Gasteiger partial charge on any atom is 0.170 e. The minimum absolute atomic E-state index is 0.0762. The zero-order valence-electron chi connectivity index (χ0n) is 10.5. The van der Waals surface area contributed by atoms with Crippen LogP contribution in [-0.4, -0.2) is 25.5 Å². The van der Waals surface area contributed by atoms with Gasteiger partial charge in [0.1, 0.15) is 5.75 Å². The third-order valence-electron chi connectivity index (χ3n) is 3.17. The highest BCUT2D eigenvalue weighted by Crippen LogP contribution is 2.27. The highest BCUT2D eigenvalue weighted by atomic mass is 79.9. The molecule has 1 aliphatic rings. The predicted octanol–water partition coefficient (Wildman–Crippen LogP) is 3.03.